The van der Waals surface area contributed by atoms with Gasteiger partial charge in [-0.2, -0.15) is 0 Å². The highest BCUT2D eigenvalue weighted by molar-refractivity contribution is 7.58. The third-order valence-corrected chi connectivity index (χ3v) is 5.38. The fourth-order valence-corrected chi connectivity index (χ4v) is 4.49. The first kappa shape index (κ1) is 15.9. The van der Waals surface area contributed by atoms with E-state index in [0.29, 0.717) is 5.56 Å². The predicted octanol–water partition coefficient (Wildman–Crippen LogP) is 0.536. The van der Waals surface area contributed by atoms with Gasteiger partial charge in [-0.1, -0.05) is 30.3 Å². The summed E-state index contributed by atoms with van der Waals surface area (Å²) in [4.78, 5) is 24.2. The van der Waals surface area contributed by atoms with Crippen LogP contribution in [0, 0.1) is 0 Å². The van der Waals surface area contributed by atoms with E-state index in [1.54, 1.807) is 31.3 Å². The molecule has 0 saturated heterocycles. The number of nitrogens with zero attached hydrogens (tertiary/aromatic N) is 1. The molecule has 0 aliphatic carbocycles. The zero-order valence-corrected chi connectivity index (χ0v) is 12.7. The van der Waals surface area contributed by atoms with Crippen LogP contribution >= 0.6 is 7.37 Å². The van der Waals surface area contributed by atoms with Gasteiger partial charge in [0.25, 0.3) is 7.37 Å². The topological polar surface area (TPSA) is 62.0 Å². The molecule has 1 aromatic rings. The van der Waals surface area contributed by atoms with Gasteiger partial charge in [-0.15, -0.1) is 0 Å². The lowest BCUT2D eigenvalue weighted by Gasteiger charge is -2.31. The maximum atomic E-state index is 12.6. The SMILES string of the molecule is CC(=O)N(C)[C@@H](c1ccccc1)P(=O)(O)C[NH+](C)C. The molecule has 0 aliphatic rings. The van der Waals surface area contributed by atoms with E-state index in [1.807, 2.05) is 20.2 Å². The van der Waals surface area contributed by atoms with Crippen LogP contribution in [0.5, 0.6) is 0 Å². The first-order valence-corrected chi connectivity index (χ1v) is 8.06. The largest absolute Gasteiger partial charge is 0.339 e. The number of quaternary nitrogens is 1. The molecule has 0 heterocycles. The summed E-state index contributed by atoms with van der Waals surface area (Å²) in [6.45, 7) is 1.40. The highest BCUT2D eigenvalue weighted by Gasteiger charge is 2.39. The van der Waals surface area contributed by atoms with Gasteiger partial charge >= 0.3 is 0 Å². The molecule has 19 heavy (non-hydrogen) atoms. The number of rotatable bonds is 5. The summed E-state index contributed by atoms with van der Waals surface area (Å²) < 4.78 is 12.6. The van der Waals surface area contributed by atoms with Crippen molar-refractivity contribution in [2.24, 2.45) is 0 Å². The van der Waals surface area contributed by atoms with Crippen molar-refractivity contribution >= 4 is 13.3 Å². The Balaban J connectivity index is 3.20. The quantitative estimate of drug-likeness (QED) is 0.776. The van der Waals surface area contributed by atoms with Crippen molar-refractivity contribution < 1.29 is 19.2 Å². The van der Waals surface area contributed by atoms with Crippen LogP contribution in [0.25, 0.3) is 0 Å². The Hall–Kier alpha value is -1.16. The zero-order chi connectivity index (χ0) is 14.6. The molecule has 5 nitrogen and oxygen atoms in total. The van der Waals surface area contributed by atoms with Gasteiger partial charge < -0.3 is 14.7 Å². The number of hydrogen-bond donors (Lipinski definition) is 2. The second-order valence-electron chi connectivity index (χ2n) is 5.04. The van der Waals surface area contributed by atoms with Crippen molar-refractivity contribution in [1.82, 2.24) is 4.90 Å². The van der Waals surface area contributed by atoms with E-state index in [4.69, 9.17) is 0 Å². The van der Waals surface area contributed by atoms with Crippen LogP contribution in [0.4, 0.5) is 0 Å². The minimum absolute atomic E-state index is 0.115. The number of carbonyl (C=O) groups excluding carboxylic acids is 1. The lowest BCUT2D eigenvalue weighted by atomic mass is 10.2. The summed E-state index contributed by atoms with van der Waals surface area (Å²) in [5.41, 5.74) is 0.687. The van der Waals surface area contributed by atoms with Crippen LogP contribution in [0.2, 0.25) is 0 Å². The molecular weight excluding hydrogens is 263 g/mol. The molecule has 0 spiro atoms. The average molecular weight is 285 g/mol. The first-order chi connectivity index (χ1) is 8.75. The Kier molecular flexibility index (Phi) is 5.29. The maximum absolute atomic E-state index is 12.6. The Morgan fingerprint density at radius 3 is 2.32 bits per heavy atom. The lowest BCUT2D eigenvalue weighted by Crippen LogP contribution is -3.05. The minimum atomic E-state index is -3.52. The van der Waals surface area contributed by atoms with Gasteiger partial charge in [0.2, 0.25) is 5.91 Å². The fourth-order valence-electron chi connectivity index (χ4n) is 2.06. The molecule has 2 atom stereocenters. The number of nitrogens with one attached hydrogen (secondary N) is 1. The van der Waals surface area contributed by atoms with Crippen molar-refractivity contribution in [3.8, 4) is 0 Å². The number of carbonyl (C=O) groups is 1. The van der Waals surface area contributed by atoms with Gasteiger partial charge in [-0.3, -0.25) is 9.36 Å². The van der Waals surface area contributed by atoms with E-state index in [9.17, 15) is 14.3 Å². The average Bonchev–Trinajstić information content (AvgIpc) is 2.28. The van der Waals surface area contributed by atoms with Gasteiger partial charge in [0.05, 0.1) is 14.1 Å². The molecule has 1 amide bonds. The van der Waals surface area contributed by atoms with Crippen molar-refractivity contribution in [3.63, 3.8) is 0 Å². The molecule has 0 aliphatic heterocycles. The molecular formula is C13H22N2O3P+. The van der Waals surface area contributed by atoms with E-state index in [-0.39, 0.29) is 12.2 Å². The minimum Gasteiger partial charge on any atom is -0.339 e. The van der Waals surface area contributed by atoms with E-state index >= 15 is 0 Å². The molecule has 0 fully saturated rings. The normalized spacial score (nSPS) is 15.9. The highest BCUT2D eigenvalue weighted by atomic mass is 31.2. The van der Waals surface area contributed by atoms with Gasteiger partial charge in [0, 0.05) is 14.0 Å². The molecule has 1 rings (SSSR count). The molecule has 0 radical (unpaired) electrons. The van der Waals surface area contributed by atoms with Gasteiger partial charge in [0.1, 0.15) is 5.78 Å². The molecule has 1 unspecified atom stereocenters. The summed E-state index contributed by atoms with van der Waals surface area (Å²) in [5.74, 6) is -1.02. The Labute approximate surface area is 114 Å². The van der Waals surface area contributed by atoms with Crippen molar-refractivity contribution in [1.29, 1.82) is 0 Å². The monoisotopic (exact) mass is 285 g/mol. The molecule has 6 heteroatoms. The molecule has 106 valence electrons. The van der Waals surface area contributed by atoms with Crippen LogP contribution in [-0.4, -0.2) is 43.1 Å². The van der Waals surface area contributed by atoms with Gasteiger partial charge in [-0.25, -0.2) is 0 Å². The van der Waals surface area contributed by atoms with Crippen LogP contribution in [0.1, 0.15) is 18.3 Å². The van der Waals surface area contributed by atoms with Crippen molar-refractivity contribution in [2.75, 3.05) is 27.4 Å². The summed E-state index contributed by atoms with van der Waals surface area (Å²) in [6, 6.07) is 9.00. The van der Waals surface area contributed by atoms with Crippen LogP contribution in [0.15, 0.2) is 30.3 Å². The van der Waals surface area contributed by atoms with Crippen LogP contribution < -0.4 is 4.90 Å². The second kappa shape index (κ2) is 6.33. The zero-order valence-electron chi connectivity index (χ0n) is 11.8. The van der Waals surface area contributed by atoms with Crippen molar-refractivity contribution in [3.05, 3.63) is 35.9 Å². The second-order valence-corrected chi connectivity index (χ2v) is 7.35. The Bertz CT molecular complexity index is 476. The van der Waals surface area contributed by atoms with E-state index < -0.39 is 13.2 Å². The molecule has 0 aromatic heterocycles. The van der Waals surface area contributed by atoms with E-state index in [1.165, 1.54) is 11.8 Å². The Morgan fingerprint density at radius 2 is 1.89 bits per heavy atom. The smallest absolute Gasteiger partial charge is 0.279 e. The van der Waals surface area contributed by atoms with Gasteiger partial charge in [0.15, 0.2) is 6.29 Å². The summed E-state index contributed by atoms with van der Waals surface area (Å²) in [5, 5.41) is 0. The van der Waals surface area contributed by atoms with Crippen LogP contribution in [0.3, 0.4) is 0 Å². The molecule has 1 aromatic carbocycles. The number of amides is 1. The lowest BCUT2D eigenvalue weighted by molar-refractivity contribution is -0.846. The first-order valence-electron chi connectivity index (χ1n) is 6.14. The number of hydrogen-bond acceptors (Lipinski definition) is 2. The standard InChI is InChI=1S/C13H21N2O3P/c1-11(16)15(4)13(12-8-6-5-7-9-12)19(17,18)10-14(2)3/h5-9,13H,10H2,1-4H3,(H,17,18)/p+1/t13-/m1/s1. The molecule has 0 saturated carbocycles. The fraction of sp³-hybridized carbons (Fsp3) is 0.462. The maximum Gasteiger partial charge on any atom is 0.279 e. The van der Waals surface area contributed by atoms with Gasteiger partial charge in [-0.05, 0) is 5.56 Å². The van der Waals surface area contributed by atoms with E-state index in [2.05, 4.69) is 0 Å². The summed E-state index contributed by atoms with van der Waals surface area (Å²) >= 11 is 0. The third-order valence-electron chi connectivity index (χ3n) is 2.89. The third kappa shape index (κ3) is 4.16. The predicted molar refractivity (Wildman–Crippen MR) is 75.1 cm³/mol. The Morgan fingerprint density at radius 1 is 1.37 bits per heavy atom. The van der Waals surface area contributed by atoms with Crippen LogP contribution in [-0.2, 0) is 9.36 Å². The summed E-state index contributed by atoms with van der Waals surface area (Å²) in [7, 11) is 1.68. The highest BCUT2D eigenvalue weighted by Crippen LogP contribution is 2.55. The molecule has 0 bridgehead atoms. The van der Waals surface area contributed by atoms with Crippen molar-refractivity contribution in [2.45, 2.75) is 12.7 Å². The number of benzene rings is 1. The van der Waals surface area contributed by atoms with E-state index in [0.717, 1.165) is 4.90 Å². The summed E-state index contributed by atoms with van der Waals surface area (Å²) in [6.07, 6.45) is 0.115. The molecule has 2 N–H and O–H groups in total.